The summed E-state index contributed by atoms with van der Waals surface area (Å²) >= 11 is 0. The van der Waals surface area contributed by atoms with Gasteiger partial charge in [0, 0.05) is 19.6 Å². The van der Waals surface area contributed by atoms with Gasteiger partial charge in [0.15, 0.2) is 6.61 Å². The molecule has 0 saturated carbocycles. The molecule has 13 heteroatoms. The van der Waals surface area contributed by atoms with E-state index in [1.165, 1.54) is 19.1 Å². The molecular formula is C13H21F2NO9S. The van der Waals surface area contributed by atoms with E-state index in [4.69, 9.17) is 4.55 Å². The van der Waals surface area contributed by atoms with E-state index in [0.29, 0.717) is 0 Å². The molecule has 0 heterocycles. The summed E-state index contributed by atoms with van der Waals surface area (Å²) in [6, 6.07) is 0. The van der Waals surface area contributed by atoms with Crippen LogP contribution >= 0.6 is 0 Å². The SMILES string of the molecule is COC(=O)CCN(CCC(=O)OC)CCC(=O)OCC(F)(F)S(=O)(=O)O. The molecule has 0 aromatic rings. The molecule has 0 fully saturated rings. The highest BCUT2D eigenvalue weighted by Crippen LogP contribution is 2.20. The molecule has 1 N–H and O–H groups in total. The van der Waals surface area contributed by atoms with Crippen molar-refractivity contribution in [2.45, 2.75) is 24.5 Å². The molecule has 10 nitrogen and oxygen atoms in total. The van der Waals surface area contributed by atoms with Crippen molar-refractivity contribution in [3.8, 4) is 0 Å². The van der Waals surface area contributed by atoms with Gasteiger partial charge in [-0.15, -0.1) is 0 Å². The van der Waals surface area contributed by atoms with Gasteiger partial charge >= 0.3 is 33.3 Å². The van der Waals surface area contributed by atoms with Crippen molar-refractivity contribution in [1.29, 1.82) is 0 Å². The van der Waals surface area contributed by atoms with Crippen LogP contribution in [0.2, 0.25) is 0 Å². The Morgan fingerprint density at radius 2 is 1.31 bits per heavy atom. The predicted molar refractivity (Wildman–Crippen MR) is 81.8 cm³/mol. The molecule has 0 radical (unpaired) electrons. The summed E-state index contributed by atoms with van der Waals surface area (Å²) in [6.07, 6.45) is -0.481. The van der Waals surface area contributed by atoms with Gasteiger partial charge in [-0.1, -0.05) is 0 Å². The molecule has 0 amide bonds. The highest BCUT2D eigenvalue weighted by Gasteiger charge is 2.45. The maximum Gasteiger partial charge on any atom is 0.402 e. The van der Waals surface area contributed by atoms with Crippen LogP contribution in [-0.4, -0.2) is 81.5 Å². The van der Waals surface area contributed by atoms with Crippen LogP contribution in [0.3, 0.4) is 0 Å². The maximum absolute atomic E-state index is 13.0. The Balaban J connectivity index is 4.53. The van der Waals surface area contributed by atoms with Crippen LogP contribution in [0.15, 0.2) is 0 Å². The van der Waals surface area contributed by atoms with E-state index in [1.807, 2.05) is 0 Å². The minimum atomic E-state index is -5.70. The molecule has 0 unspecified atom stereocenters. The second-order valence-electron chi connectivity index (χ2n) is 5.02. The summed E-state index contributed by atoms with van der Waals surface area (Å²) in [4.78, 5) is 35.3. The molecule has 0 rings (SSSR count). The lowest BCUT2D eigenvalue weighted by Gasteiger charge is -2.21. The molecular weight excluding hydrogens is 384 g/mol. The summed E-state index contributed by atoms with van der Waals surface area (Å²) in [5.74, 6) is -2.19. The van der Waals surface area contributed by atoms with Crippen LogP contribution in [0.25, 0.3) is 0 Å². The summed E-state index contributed by atoms with van der Waals surface area (Å²) in [5.41, 5.74) is 0. The first kappa shape index (κ1) is 24.1. The summed E-state index contributed by atoms with van der Waals surface area (Å²) in [7, 11) is -3.32. The van der Waals surface area contributed by atoms with Crippen molar-refractivity contribution in [3.63, 3.8) is 0 Å². The Bertz CT molecular complexity index is 574. The minimum absolute atomic E-state index is 0.0342. The molecule has 0 aliphatic rings. The third-order valence-corrected chi connectivity index (χ3v) is 4.00. The zero-order valence-electron chi connectivity index (χ0n) is 14.3. The van der Waals surface area contributed by atoms with E-state index in [1.54, 1.807) is 0 Å². The number of halogens is 2. The molecule has 0 aromatic heterocycles. The summed E-state index contributed by atoms with van der Waals surface area (Å²) in [5, 5.41) is -4.61. The third kappa shape index (κ3) is 9.58. The average Bonchev–Trinajstić information content (AvgIpc) is 2.57. The van der Waals surface area contributed by atoms with Gasteiger partial charge in [0.25, 0.3) is 0 Å². The number of nitrogens with zero attached hydrogens (tertiary/aromatic N) is 1. The first-order valence-corrected chi connectivity index (χ1v) is 8.73. The van der Waals surface area contributed by atoms with E-state index in [0.717, 1.165) is 0 Å². The van der Waals surface area contributed by atoms with E-state index in [2.05, 4.69) is 14.2 Å². The number of alkyl halides is 2. The zero-order chi connectivity index (χ0) is 20.4. The van der Waals surface area contributed by atoms with Crippen molar-refractivity contribution in [3.05, 3.63) is 0 Å². The Morgan fingerprint density at radius 1 is 0.923 bits per heavy atom. The summed E-state index contributed by atoms with van der Waals surface area (Å²) in [6.45, 7) is -1.63. The molecule has 0 aliphatic carbocycles. The number of hydrogen-bond donors (Lipinski definition) is 1. The van der Waals surface area contributed by atoms with E-state index in [-0.39, 0.29) is 32.5 Å². The lowest BCUT2D eigenvalue weighted by molar-refractivity contribution is -0.150. The van der Waals surface area contributed by atoms with Gasteiger partial charge in [-0.05, 0) is 0 Å². The topological polar surface area (TPSA) is 137 Å². The molecule has 0 spiro atoms. The Labute approximate surface area is 149 Å². The number of hydrogen-bond acceptors (Lipinski definition) is 9. The Hall–Kier alpha value is -1.86. The maximum atomic E-state index is 13.0. The van der Waals surface area contributed by atoms with Gasteiger partial charge < -0.3 is 19.1 Å². The molecule has 0 aromatic carbocycles. The fraction of sp³-hybridized carbons (Fsp3) is 0.769. The van der Waals surface area contributed by atoms with Gasteiger partial charge in [0.05, 0.1) is 33.5 Å². The Kier molecular flexibility index (Phi) is 10.2. The van der Waals surface area contributed by atoms with Gasteiger partial charge in [-0.3, -0.25) is 18.9 Å². The van der Waals surface area contributed by atoms with Crippen LogP contribution in [0.5, 0.6) is 0 Å². The number of rotatable bonds is 12. The van der Waals surface area contributed by atoms with Crippen LogP contribution in [0, 0.1) is 0 Å². The molecule has 26 heavy (non-hydrogen) atoms. The molecule has 152 valence electrons. The number of methoxy groups -OCH3 is 2. The van der Waals surface area contributed by atoms with Crippen molar-refractivity contribution in [1.82, 2.24) is 4.90 Å². The first-order valence-electron chi connectivity index (χ1n) is 7.29. The lowest BCUT2D eigenvalue weighted by Crippen LogP contribution is -2.35. The van der Waals surface area contributed by atoms with Crippen LogP contribution in [0.4, 0.5) is 8.78 Å². The van der Waals surface area contributed by atoms with Crippen LogP contribution < -0.4 is 0 Å². The fourth-order valence-corrected chi connectivity index (χ4v) is 1.81. The van der Waals surface area contributed by atoms with Crippen molar-refractivity contribution in [2.24, 2.45) is 0 Å². The minimum Gasteiger partial charge on any atom is -0.469 e. The highest BCUT2D eigenvalue weighted by atomic mass is 32.2. The highest BCUT2D eigenvalue weighted by molar-refractivity contribution is 7.86. The van der Waals surface area contributed by atoms with Gasteiger partial charge in [-0.2, -0.15) is 17.2 Å². The Morgan fingerprint density at radius 3 is 1.65 bits per heavy atom. The van der Waals surface area contributed by atoms with E-state index < -0.39 is 46.3 Å². The number of esters is 3. The third-order valence-electron chi connectivity index (χ3n) is 3.13. The van der Waals surface area contributed by atoms with E-state index in [9.17, 15) is 31.6 Å². The van der Waals surface area contributed by atoms with Crippen molar-refractivity contribution < 1.29 is 50.3 Å². The largest absolute Gasteiger partial charge is 0.469 e. The quantitative estimate of drug-likeness (QED) is 0.265. The lowest BCUT2D eigenvalue weighted by atomic mass is 10.3. The molecule has 0 atom stereocenters. The number of carbonyl (C=O) groups is 3. The zero-order valence-corrected chi connectivity index (χ0v) is 15.1. The molecule has 0 aliphatic heterocycles. The molecule has 0 saturated heterocycles. The fourth-order valence-electron chi connectivity index (χ4n) is 1.60. The number of ether oxygens (including phenoxy) is 3. The predicted octanol–water partition coefficient (Wildman–Crippen LogP) is -0.171. The second-order valence-corrected chi connectivity index (χ2v) is 6.56. The van der Waals surface area contributed by atoms with Crippen molar-refractivity contribution in [2.75, 3.05) is 40.5 Å². The molecule has 0 bridgehead atoms. The van der Waals surface area contributed by atoms with E-state index >= 15 is 0 Å². The van der Waals surface area contributed by atoms with Gasteiger partial charge in [0.1, 0.15) is 0 Å². The van der Waals surface area contributed by atoms with Gasteiger partial charge in [-0.25, -0.2) is 0 Å². The van der Waals surface area contributed by atoms with Gasteiger partial charge in [0.2, 0.25) is 0 Å². The van der Waals surface area contributed by atoms with Crippen LogP contribution in [-0.2, 0) is 38.7 Å². The number of carbonyl (C=O) groups excluding carboxylic acids is 3. The monoisotopic (exact) mass is 405 g/mol. The first-order chi connectivity index (χ1) is 11.9. The smallest absolute Gasteiger partial charge is 0.402 e. The normalized spacial score (nSPS) is 11.9. The van der Waals surface area contributed by atoms with Crippen LogP contribution in [0.1, 0.15) is 19.3 Å². The summed E-state index contributed by atoms with van der Waals surface area (Å²) < 4.78 is 68.1. The second kappa shape index (κ2) is 11.0. The average molecular weight is 405 g/mol. The standard InChI is InChI=1S/C13H21F2NO9S/c1-23-10(17)3-6-16(7-4-11(18)24-2)8-5-12(19)25-9-13(14,15)26(20,21)22/h3-9H2,1-2H3,(H,20,21,22). The van der Waals surface area contributed by atoms with Crippen molar-refractivity contribution >= 4 is 28.0 Å².